The van der Waals surface area contributed by atoms with Gasteiger partial charge in [-0.25, -0.2) is 4.98 Å². The van der Waals surface area contributed by atoms with Gasteiger partial charge in [0.2, 0.25) is 5.91 Å². The Morgan fingerprint density at radius 2 is 1.91 bits per heavy atom. The highest BCUT2D eigenvalue weighted by Gasteiger charge is 2.42. The van der Waals surface area contributed by atoms with Gasteiger partial charge in [0.05, 0.1) is 40.8 Å². The van der Waals surface area contributed by atoms with E-state index >= 15 is 0 Å². The van der Waals surface area contributed by atoms with Crippen LogP contribution in [0.5, 0.6) is 0 Å². The molecule has 1 aliphatic heterocycles. The number of Topliss-reactive ketones (excluding diaryl/α,β-unsaturated/α-hetero) is 1. The molecule has 6 nitrogen and oxygen atoms in total. The van der Waals surface area contributed by atoms with E-state index in [0.29, 0.717) is 6.42 Å². The zero-order valence-electron chi connectivity index (χ0n) is 21.7. The Bertz CT molecular complexity index is 917. The van der Waals surface area contributed by atoms with E-state index in [-0.39, 0.29) is 30.1 Å². The number of nitrogens with one attached hydrogen (secondary N) is 1. The fraction of sp³-hybridized carbons (Fsp3) is 0.667. The summed E-state index contributed by atoms with van der Waals surface area (Å²) >= 11 is 1.58. The van der Waals surface area contributed by atoms with Crippen LogP contribution in [0, 0.1) is 24.2 Å². The number of aliphatic hydroxyl groups is 2. The molecule has 0 fully saturated rings. The molecule has 0 bridgehead atoms. The molecule has 0 spiro atoms. The van der Waals surface area contributed by atoms with Crippen molar-refractivity contribution in [3.05, 3.63) is 33.3 Å². The maximum absolute atomic E-state index is 13.2. The van der Waals surface area contributed by atoms with Crippen molar-refractivity contribution in [2.24, 2.45) is 17.3 Å². The molecule has 190 valence electrons. The van der Waals surface area contributed by atoms with Gasteiger partial charge in [-0.05, 0) is 64.0 Å². The van der Waals surface area contributed by atoms with Crippen LogP contribution in [-0.4, -0.2) is 45.1 Å². The highest BCUT2D eigenvalue weighted by Crippen LogP contribution is 2.32. The van der Waals surface area contributed by atoms with Gasteiger partial charge in [-0.15, -0.1) is 11.3 Å². The first-order valence-corrected chi connectivity index (χ1v) is 13.2. The Morgan fingerprint density at radius 3 is 2.53 bits per heavy atom. The molecule has 1 amide bonds. The standard InChI is InChI=1S/C27H42N2O4S/c1-16-9-8-10-17(2)25(32)19(4)26(33)27(6,7)23(30)14-24(31)29-22(12-11-16)18(3)13-21-15-34-20(5)28-21/h11,13,15,17,19,22-23,25,30,32H,8-10,12,14H2,1-7H3,(H,29,31)/t17-,19+,22?,23?,25-/m0/s1. The maximum atomic E-state index is 13.2. The van der Waals surface area contributed by atoms with Gasteiger partial charge < -0.3 is 15.5 Å². The van der Waals surface area contributed by atoms with E-state index in [1.165, 1.54) is 5.57 Å². The van der Waals surface area contributed by atoms with Gasteiger partial charge in [0.1, 0.15) is 5.78 Å². The van der Waals surface area contributed by atoms with Gasteiger partial charge in [-0.3, -0.25) is 9.59 Å². The summed E-state index contributed by atoms with van der Waals surface area (Å²) in [5.41, 5.74) is 1.94. The third kappa shape index (κ3) is 7.59. The van der Waals surface area contributed by atoms with E-state index in [9.17, 15) is 19.8 Å². The van der Waals surface area contributed by atoms with Crippen LogP contribution in [0.1, 0.15) is 84.3 Å². The SMILES string of the molecule is CC1=CCC(C(C)=Cc2csc(C)n2)NC(=O)CC(O)C(C)(C)C(=O)[C@H](C)[C@@H](O)[C@@H](C)CCC1. The smallest absolute Gasteiger partial charge is 0.223 e. The monoisotopic (exact) mass is 490 g/mol. The number of aryl methyl sites for hydroxylation is 1. The quantitative estimate of drug-likeness (QED) is 0.515. The van der Waals surface area contributed by atoms with E-state index in [1.54, 1.807) is 32.1 Å². The van der Waals surface area contributed by atoms with Crippen molar-refractivity contribution in [2.45, 2.75) is 98.8 Å². The molecule has 1 aromatic heterocycles. The Balaban J connectivity index is 2.33. The van der Waals surface area contributed by atoms with Crippen molar-refractivity contribution in [2.75, 3.05) is 0 Å². The predicted molar refractivity (Wildman–Crippen MR) is 138 cm³/mol. The second-order valence-electron chi connectivity index (χ2n) is 10.5. The number of allylic oxidation sites excluding steroid dienone is 1. The van der Waals surface area contributed by atoms with Crippen molar-refractivity contribution in [3.63, 3.8) is 0 Å². The van der Waals surface area contributed by atoms with Crippen LogP contribution >= 0.6 is 11.3 Å². The molecule has 0 radical (unpaired) electrons. The number of amides is 1. The first-order valence-electron chi connectivity index (χ1n) is 12.3. The van der Waals surface area contributed by atoms with E-state index in [2.05, 4.69) is 23.3 Å². The average Bonchev–Trinajstić information content (AvgIpc) is 3.18. The van der Waals surface area contributed by atoms with Crippen LogP contribution in [-0.2, 0) is 9.59 Å². The maximum Gasteiger partial charge on any atom is 0.223 e. The minimum Gasteiger partial charge on any atom is -0.392 e. The van der Waals surface area contributed by atoms with Gasteiger partial charge in [0.15, 0.2) is 0 Å². The number of hydrogen-bond donors (Lipinski definition) is 3. The highest BCUT2D eigenvalue weighted by molar-refractivity contribution is 7.09. The minimum absolute atomic E-state index is 0.0320. The minimum atomic E-state index is -1.15. The van der Waals surface area contributed by atoms with E-state index in [1.807, 2.05) is 32.2 Å². The third-order valence-corrected chi connectivity index (χ3v) is 7.98. The molecule has 0 aliphatic carbocycles. The molecule has 0 saturated carbocycles. The molecular formula is C27H42N2O4S. The van der Waals surface area contributed by atoms with E-state index in [4.69, 9.17) is 0 Å². The lowest BCUT2D eigenvalue weighted by Crippen LogP contribution is -2.47. The van der Waals surface area contributed by atoms with Gasteiger partial charge in [0.25, 0.3) is 0 Å². The zero-order valence-corrected chi connectivity index (χ0v) is 22.5. The zero-order chi connectivity index (χ0) is 25.6. The summed E-state index contributed by atoms with van der Waals surface area (Å²) < 4.78 is 0. The highest BCUT2D eigenvalue weighted by atomic mass is 32.1. The summed E-state index contributed by atoms with van der Waals surface area (Å²) in [6.07, 6.45) is 5.30. The van der Waals surface area contributed by atoms with Crippen LogP contribution in [0.25, 0.3) is 6.08 Å². The second kappa shape index (κ2) is 12.2. The Kier molecular flexibility index (Phi) is 10.2. The Morgan fingerprint density at radius 1 is 1.24 bits per heavy atom. The van der Waals surface area contributed by atoms with Crippen LogP contribution in [0.2, 0.25) is 0 Å². The van der Waals surface area contributed by atoms with Gasteiger partial charge >= 0.3 is 0 Å². The molecule has 3 N–H and O–H groups in total. The fourth-order valence-corrected chi connectivity index (χ4v) is 5.09. The van der Waals surface area contributed by atoms with Crippen LogP contribution < -0.4 is 5.32 Å². The first-order chi connectivity index (χ1) is 15.8. The van der Waals surface area contributed by atoms with Crippen LogP contribution in [0.15, 0.2) is 22.6 Å². The predicted octanol–water partition coefficient (Wildman–Crippen LogP) is 4.84. The van der Waals surface area contributed by atoms with Crippen LogP contribution in [0.4, 0.5) is 0 Å². The molecule has 34 heavy (non-hydrogen) atoms. The van der Waals surface area contributed by atoms with Crippen molar-refractivity contribution in [1.29, 1.82) is 0 Å². The van der Waals surface area contributed by atoms with Crippen molar-refractivity contribution in [3.8, 4) is 0 Å². The molecule has 5 atom stereocenters. The number of hydrogen-bond acceptors (Lipinski definition) is 6. The van der Waals surface area contributed by atoms with E-state index in [0.717, 1.165) is 35.5 Å². The average molecular weight is 491 g/mol. The lowest BCUT2D eigenvalue weighted by Gasteiger charge is -2.34. The summed E-state index contributed by atoms with van der Waals surface area (Å²) in [5.74, 6) is -1.18. The summed E-state index contributed by atoms with van der Waals surface area (Å²) in [5, 5.41) is 27.7. The molecular weight excluding hydrogens is 448 g/mol. The molecule has 1 aliphatic rings. The second-order valence-corrected chi connectivity index (χ2v) is 11.6. The van der Waals surface area contributed by atoms with Crippen LogP contribution in [0.3, 0.4) is 0 Å². The summed E-state index contributed by atoms with van der Waals surface area (Å²) in [7, 11) is 0. The van der Waals surface area contributed by atoms with Crippen molar-refractivity contribution in [1.82, 2.24) is 10.3 Å². The van der Waals surface area contributed by atoms with E-state index < -0.39 is 23.5 Å². The topological polar surface area (TPSA) is 99.5 Å². The summed E-state index contributed by atoms with van der Waals surface area (Å²) in [4.78, 5) is 30.6. The number of carbonyl (C=O) groups is 2. The number of aliphatic hydroxyl groups excluding tert-OH is 2. The number of aromatic nitrogens is 1. The molecule has 2 heterocycles. The summed E-state index contributed by atoms with van der Waals surface area (Å²) in [6, 6.07) is -0.233. The van der Waals surface area contributed by atoms with Crippen molar-refractivity contribution >= 4 is 29.1 Å². The molecule has 2 rings (SSSR count). The number of thiazole rings is 1. The normalized spacial score (nSPS) is 30.6. The summed E-state index contributed by atoms with van der Waals surface area (Å²) in [6.45, 7) is 13.0. The number of ketones is 1. The first kappa shape index (κ1) is 28.4. The molecule has 2 unspecified atom stereocenters. The number of carbonyl (C=O) groups excluding carboxylic acids is 2. The number of nitrogens with zero attached hydrogens (tertiary/aromatic N) is 1. The lowest BCUT2D eigenvalue weighted by molar-refractivity contribution is -0.143. The third-order valence-electron chi connectivity index (χ3n) is 7.19. The number of rotatable bonds is 2. The fourth-order valence-electron chi connectivity index (χ4n) is 4.52. The lowest BCUT2D eigenvalue weighted by atomic mass is 9.73. The molecule has 7 heteroatoms. The Labute approximate surface area is 208 Å². The molecule has 1 aromatic rings. The largest absolute Gasteiger partial charge is 0.392 e. The molecule has 0 aromatic carbocycles. The van der Waals surface area contributed by atoms with Crippen molar-refractivity contribution < 1.29 is 19.8 Å². The Hall–Kier alpha value is -1.83. The van der Waals surface area contributed by atoms with Gasteiger partial charge in [0, 0.05) is 11.3 Å². The van der Waals surface area contributed by atoms with Gasteiger partial charge in [-0.2, -0.15) is 0 Å². The van der Waals surface area contributed by atoms with Gasteiger partial charge in [-0.1, -0.05) is 39.3 Å². The molecule has 0 saturated heterocycles.